The lowest BCUT2D eigenvalue weighted by molar-refractivity contribution is -0.117. The van der Waals surface area contributed by atoms with Crippen molar-refractivity contribution >= 4 is 122 Å². The van der Waals surface area contributed by atoms with Crippen LogP contribution in [0, 0.1) is 26.7 Å². The number of fused-ring (bicyclic) bond motifs is 3. The maximum Gasteiger partial charge on any atom is 0.227 e. The lowest BCUT2D eigenvalue weighted by Crippen LogP contribution is -2.12. The lowest BCUT2D eigenvalue weighted by atomic mass is 10.3. The van der Waals surface area contributed by atoms with E-state index in [1.165, 1.54) is 61.8 Å². The number of H-pyrrole nitrogens is 3. The molecule has 12 aromatic rings. The summed E-state index contributed by atoms with van der Waals surface area (Å²) in [6, 6.07) is 32.1. The van der Waals surface area contributed by atoms with Gasteiger partial charge in [-0.05, 0) is 130 Å². The van der Waals surface area contributed by atoms with Gasteiger partial charge in [-0.3, -0.25) is 29.7 Å². The smallest absolute Gasteiger partial charge is 0.227 e. The molecule has 0 bridgehead atoms. The SMILES string of the molecule is CC(=O)Nc1ccc(Sc2nc(Nc3cc(C)[nH]n3)cc3ncnn23)cc1.CC(=O)Nc1ccc(Sc2nc(Nc3cc(C)[nH]n3)cn3ccnc23)cc1.Cc1cc(Nc2cc3ncnn3c(Sc3ccc(NC(=O)C4CC4)cc3)n2)n[nH]1. The Morgan fingerprint density at radius 3 is 1.37 bits per heavy atom. The van der Waals surface area contributed by atoms with E-state index in [0.29, 0.717) is 56.5 Å². The highest BCUT2D eigenvalue weighted by atomic mass is 32.2. The van der Waals surface area contributed by atoms with Crippen molar-refractivity contribution < 1.29 is 14.4 Å². The van der Waals surface area contributed by atoms with Gasteiger partial charge in [0.05, 0.1) is 6.20 Å². The van der Waals surface area contributed by atoms with E-state index in [-0.39, 0.29) is 23.6 Å². The second-order valence-electron chi connectivity index (χ2n) is 18.7. The molecule has 9 aromatic heterocycles. The highest BCUT2D eigenvalue weighted by Crippen LogP contribution is 2.34. The molecule has 9 heterocycles. The van der Waals surface area contributed by atoms with Gasteiger partial charge in [-0.1, -0.05) is 11.8 Å². The van der Waals surface area contributed by atoms with Crippen molar-refractivity contribution in [3.63, 3.8) is 0 Å². The van der Waals surface area contributed by atoms with E-state index in [0.717, 1.165) is 72.3 Å². The first-order valence-electron chi connectivity index (χ1n) is 25.6. The average molecular weight is 1170 g/mol. The molecule has 3 amide bonds. The van der Waals surface area contributed by atoms with Gasteiger partial charge in [0.2, 0.25) is 17.7 Å². The first-order valence-corrected chi connectivity index (χ1v) is 28.0. The van der Waals surface area contributed by atoms with Crippen LogP contribution in [-0.4, -0.2) is 102 Å². The van der Waals surface area contributed by atoms with Crippen LogP contribution >= 0.6 is 35.3 Å². The van der Waals surface area contributed by atoms with Gasteiger partial charge in [0.15, 0.2) is 44.7 Å². The molecule has 0 radical (unpaired) electrons. The summed E-state index contributed by atoms with van der Waals surface area (Å²) in [6.45, 7) is 8.77. The molecule has 1 aliphatic rings. The van der Waals surface area contributed by atoms with Gasteiger partial charge < -0.3 is 36.3 Å². The monoisotopic (exact) mass is 1170 g/mol. The molecule has 1 saturated carbocycles. The zero-order chi connectivity index (χ0) is 57.4. The number of aryl methyl sites for hydroxylation is 3. The third-order valence-electron chi connectivity index (χ3n) is 11.8. The van der Waals surface area contributed by atoms with Crippen molar-refractivity contribution in [1.29, 1.82) is 0 Å². The molecular formula is C54H51N23O3S3. The molecule has 26 nitrogen and oxygen atoms in total. The van der Waals surface area contributed by atoms with Crippen molar-refractivity contribution in [1.82, 2.24) is 84.1 Å². The second-order valence-corrected chi connectivity index (χ2v) is 21.8. The van der Waals surface area contributed by atoms with Crippen LogP contribution in [0.5, 0.6) is 0 Å². The fraction of sp³-hybridized carbons (Fsp3) is 0.148. The second kappa shape index (κ2) is 24.7. The number of rotatable bonds is 16. The summed E-state index contributed by atoms with van der Waals surface area (Å²) in [5.74, 6) is 4.08. The maximum absolute atomic E-state index is 11.9. The standard InChI is InChI=1S/C19H18N8OS.C18H17N7OS.C17H16N8OS/c1-11-8-16(26-25-11)23-15-9-17-20-10-21-27(17)19(24-15)29-14-6-4-13(5-7-14)22-18(28)12-2-3-12;1-11-9-15(24-23-11)21-16-10-25-8-7-19-17(25)18(22-16)27-14-5-3-13(4-6-14)20-12(2)26;1-10-7-15(24-23-10)21-14-8-16-18-9-19-25(16)17(22-14)27-13-5-3-12(4-6-13)20-11(2)26/h4-10,12H,2-3H2,1H3,(H,22,28)(H2,23,25,26);3-10H,1-2H3,(H,20,26)(H2,21,23,24);3-9H,1-2H3,(H,20,26)(H2,21,23,24). The number of nitrogens with one attached hydrogen (secondary N) is 9. The summed E-state index contributed by atoms with van der Waals surface area (Å²) in [5, 5.41) is 49.8. The quantitative estimate of drug-likeness (QED) is 0.0406. The van der Waals surface area contributed by atoms with E-state index in [4.69, 9.17) is 0 Å². The van der Waals surface area contributed by atoms with Crippen LogP contribution in [-0.2, 0) is 14.4 Å². The van der Waals surface area contributed by atoms with Crippen LogP contribution in [0.3, 0.4) is 0 Å². The molecule has 83 heavy (non-hydrogen) atoms. The first kappa shape index (κ1) is 54.8. The van der Waals surface area contributed by atoms with E-state index in [2.05, 4.69) is 103 Å². The predicted octanol–water partition coefficient (Wildman–Crippen LogP) is 10.0. The molecule has 9 N–H and O–H groups in total. The van der Waals surface area contributed by atoms with E-state index >= 15 is 0 Å². The summed E-state index contributed by atoms with van der Waals surface area (Å²) >= 11 is 4.42. The van der Waals surface area contributed by atoms with Crippen LogP contribution in [0.15, 0.2) is 164 Å². The van der Waals surface area contributed by atoms with E-state index < -0.39 is 0 Å². The van der Waals surface area contributed by atoms with Gasteiger partial charge in [0, 0.05) is 111 Å². The average Bonchev–Trinajstić information content (AvgIpc) is 4.14. The molecule has 0 atom stereocenters. The van der Waals surface area contributed by atoms with Gasteiger partial charge in [-0.2, -0.15) is 34.5 Å². The summed E-state index contributed by atoms with van der Waals surface area (Å²) in [4.78, 5) is 64.0. The zero-order valence-corrected chi connectivity index (χ0v) is 47.4. The van der Waals surface area contributed by atoms with Crippen LogP contribution in [0.2, 0.25) is 0 Å². The molecule has 418 valence electrons. The minimum absolute atomic E-state index is 0.0939. The predicted molar refractivity (Wildman–Crippen MR) is 316 cm³/mol. The Hall–Kier alpha value is -10.1. The minimum Gasteiger partial charge on any atom is -0.326 e. The van der Waals surface area contributed by atoms with Crippen LogP contribution in [0.25, 0.3) is 16.9 Å². The molecule has 13 rings (SSSR count). The van der Waals surface area contributed by atoms with Crippen molar-refractivity contribution in [3.8, 4) is 0 Å². The summed E-state index contributed by atoms with van der Waals surface area (Å²) in [7, 11) is 0. The fourth-order valence-electron chi connectivity index (χ4n) is 7.87. The lowest BCUT2D eigenvalue weighted by Gasteiger charge is -2.08. The highest BCUT2D eigenvalue weighted by Gasteiger charge is 2.29. The number of benzene rings is 3. The topological polar surface area (TPSA) is 326 Å². The van der Waals surface area contributed by atoms with Gasteiger partial charge in [-0.15, -0.1) is 0 Å². The number of carbonyl (C=O) groups is 3. The minimum atomic E-state index is -0.103. The molecule has 0 unspecified atom stereocenters. The van der Waals surface area contributed by atoms with E-state index in [1.54, 1.807) is 21.3 Å². The number of nitrogens with zero attached hydrogens (tertiary/aromatic N) is 14. The van der Waals surface area contributed by atoms with Gasteiger partial charge >= 0.3 is 0 Å². The van der Waals surface area contributed by atoms with Gasteiger partial charge in [0.1, 0.15) is 35.1 Å². The number of imidazole rings is 1. The Labute approximate surface area is 484 Å². The normalized spacial score (nSPS) is 11.8. The molecule has 0 saturated heterocycles. The number of aromatic amines is 3. The molecule has 29 heteroatoms. The largest absolute Gasteiger partial charge is 0.326 e. The van der Waals surface area contributed by atoms with Crippen molar-refractivity contribution in [2.75, 3.05) is 31.9 Å². The maximum atomic E-state index is 11.9. The van der Waals surface area contributed by atoms with Gasteiger partial charge in [0.25, 0.3) is 0 Å². The van der Waals surface area contributed by atoms with Crippen molar-refractivity contribution in [2.24, 2.45) is 5.92 Å². The number of hydrogen-bond acceptors (Lipinski definition) is 20. The number of amides is 3. The number of hydrogen-bond donors (Lipinski definition) is 9. The Morgan fingerprint density at radius 2 is 0.952 bits per heavy atom. The molecule has 1 aliphatic carbocycles. The molecule has 3 aromatic carbocycles. The Morgan fingerprint density at radius 1 is 0.518 bits per heavy atom. The number of aromatic nitrogens is 17. The molecule has 1 fully saturated rings. The van der Waals surface area contributed by atoms with Crippen LogP contribution in [0.4, 0.5) is 52.0 Å². The third-order valence-corrected chi connectivity index (χ3v) is 14.6. The number of anilines is 9. The van der Waals surface area contributed by atoms with Crippen LogP contribution in [0.1, 0.15) is 43.8 Å². The molecule has 0 aliphatic heterocycles. The van der Waals surface area contributed by atoms with Crippen molar-refractivity contribution in [3.05, 3.63) is 151 Å². The van der Waals surface area contributed by atoms with Gasteiger partial charge in [-0.25, -0.2) is 29.9 Å². The summed E-state index contributed by atoms with van der Waals surface area (Å²) < 4.78 is 5.28. The summed E-state index contributed by atoms with van der Waals surface area (Å²) in [5.41, 5.74) is 7.32. The zero-order valence-electron chi connectivity index (χ0n) is 44.9. The third kappa shape index (κ3) is 14.4. The highest BCUT2D eigenvalue weighted by molar-refractivity contribution is 7.99. The number of carbonyl (C=O) groups excluding carboxylic acids is 3. The van der Waals surface area contributed by atoms with Crippen molar-refractivity contribution in [2.45, 2.75) is 77.5 Å². The van der Waals surface area contributed by atoms with E-state index in [9.17, 15) is 14.4 Å². The van der Waals surface area contributed by atoms with E-state index in [1.807, 2.05) is 135 Å². The molecular weight excluding hydrogens is 1110 g/mol. The summed E-state index contributed by atoms with van der Waals surface area (Å²) in [6.07, 6.45) is 10.5. The first-order chi connectivity index (χ1) is 40.3. The Bertz CT molecular complexity index is 4060. The Balaban J connectivity index is 0.000000130. The molecule has 0 spiro atoms. The fourth-order valence-corrected chi connectivity index (χ4v) is 10.5. The Kier molecular flexibility index (Phi) is 16.3. The van der Waals surface area contributed by atoms with Crippen LogP contribution < -0.4 is 31.9 Å².